The molecular formula is C31H32N6O. The molecule has 1 fully saturated rings. The monoisotopic (exact) mass is 504 g/mol. The van der Waals surface area contributed by atoms with Gasteiger partial charge in [0.2, 0.25) is 5.95 Å². The van der Waals surface area contributed by atoms with Gasteiger partial charge < -0.3 is 15.4 Å². The molecule has 2 aromatic heterocycles. The number of benzene rings is 3. The maximum Gasteiger partial charge on any atom is 0.228 e. The van der Waals surface area contributed by atoms with Crippen molar-refractivity contribution in [3.8, 4) is 17.0 Å². The van der Waals surface area contributed by atoms with Crippen molar-refractivity contribution in [1.82, 2.24) is 19.7 Å². The van der Waals surface area contributed by atoms with Gasteiger partial charge in [-0.2, -0.15) is 4.98 Å². The number of nitrogen functional groups attached to an aromatic ring is 1. The summed E-state index contributed by atoms with van der Waals surface area (Å²) in [6.07, 6.45) is 3.32. The Balaban J connectivity index is 1.36. The van der Waals surface area contributed by atoms with Crippen LogP contribution in [-0.2, 0) is 13.0 Å². The third kappa shape index (κ3) is 4.79. The number of aromatic nitrogens is 4. The van der Waals surface area contributed by atoms with E-state index in [1.54, 1.807) is 7.11 Å². The molecule has 5 aromatic rings. The Morgan fingerprint density at radius 1 is 0.842 bits per heavy atom. The summed E-state index contributed by atoms with van der Waals surface area (Å²) in [7, 11) is 1.68. The summed E-state index contributed by atoms with van der Waals surface area (Å²) in [6, 6.07) is 28.9. The van der Waals surface area contributed by atoms with Gasteiger partial charge in [-0.3, -0.25) is 0 Å². The molecule has 7 nitrogen and oxygen atoms in total. The Morgan fingerprint density at radius 3 is 2.21 bits per heavy atom. The second kappa shape index (κ2) is 10.5. The van der Waals surface area contributed by atoms with Crippen LogP contribution in [0.4, 0.5) is 11.8 Å². The molecule has 1 aliphatic heterocycles. The van der Waals surface area contributed by atoms with Crippen LogP contribution in [0.25, 0.3) is 22.3 Å². The van der Waals surface area contributed by atoms with Gasteiger partial charge in [-0.25, -0.2) is 9.67 Å². The first kappa shape index (κ1) is 24.0. The van der Waals surface area contributed by atoms with Gasteiger partial charge in [0, 0.05) is 18.7 Å². The molecule has 2 N–H and O–H groups in total. The summed E-state index contributed by atoms with van der Waals surface area (Å²) in [5, 5.41) is 5.61. The number of nitrogens with two attached hydrogens (primary N) is 1. The highest BCUT2D eigenvalue weighted by molar-refractivity contribution is 6.00. The molecule has 0 atom stereocenters. The molecule has 0 unspecified atom stereocenters. The molecule has 0 saturated carbocycles. The largest absolute Gasteiger partial charge is 0.496 e. The fraction of sp³-hybridized carbons (Fsp3) is 0.258. The van der Waals surface area contributed by atoms with Gasteiger partial charge >= 0.3 is 0 Å². The first-order chi connectivity index (χ1) is 18.7. The van der Waals surface area contributed by atoms with Gasteiger partial charge in [0.15, 0.2) is 5.65 Å². The van der Waals surface area contributed by atoms with Crippen LogP contribution < -0.4 is 15.4 Å². The quantitative estimate of drug-likeness (QED) is 0.311. The van der Waals surface area contributed by atoms with Crippen molar-refractivity contribution < 1.29 is 4.74 Å². The number of nitrogens with zero attached hydrogens (tertiary/aromatic N) is 5. The molecule has 0 bridgehead atoms. The molecule has 192 valence electrons. The summed E-state index contributed by atoms with van der Waals surface area (Å²) >= 11 is 0. The predicted molar refractivity (Wildman–Crippen MR) is 152 cm³/mol. The van der Waals surface area contributed by atoms with Gasteiger partial charge in [-0.15, -0.1) is 5.10 Å². The summed E-state index contributed by atoms with van der Waals surface area (Å²) in [6.45, 7) is 2.39. The maximum absolute atomic E-state index is 6.70. The normalized spacial score (nSPS) is 14.2. The zero-order valence-electron chi connectivity index (χ0n) is 21.6. The highest BCUT2D eigenvalue weighted by atomic mass is 16.5. The fourth-order valence-electron chi connectivity index (χ4n) is 5.38. The zero-order chi connectivity index (χ0) is 25.9. The van der Waals surface area contributed by atoms with Crippen molar-refractivity contribution in [3.05, 3.63) is 96.1 Å². The van der Waals surface area contributed by atoms with Gasteiger partial charge in [0.05, 0.1) is 24.7 Å². The number of methoxy groups -OCH3 is 1. The van der Waals surface area contributed by atoms with Crippen molar-refractivity contribution in [2.45, 2.75) is 25.8 Å². The van der Waals surface area contributed by atoms with Crippen molar-refractivity contribution in [2.24, 2.45) is 5.92 Å². The average Bonchev–Trinajstić information content (AvgIpc) is 3.28. The summed E-state index contributed by atoms with van der Waals surface area (Å²) in [4.78, 5) is 12.3. The number of para-hydroxylation sites is 1. The Kier molecular flexibility index (Phi) is 6.65. The van der Waals surface area contributed by atoms with Crippen LogP contribution in [0.5, 0.6) is 5.75 Å². The van der Waals surface area contributed by atoms with Crippen molar-refractivity contribution >= 4 is 22.8 Å². The molecule has 0 amide bonds. The molecule has 0 spiro atoms. The van der Waals surface area contributed by atoms with E-state index < -0.39 is 0 Å². The Bertz CT molecular complexity index is 1520. The van der Waals surface area contributed by atoms with Crippen molar-refractivity contribution in [3.63, 3.8) is 0 Å². The number of hydrogen-bond donors (Lipinski definition) is 1. The van der Waals surface area contributed by atoms with E-state index in [0.717, 1.165) is 60.3 Å². The van der Waals surface area contributed by atoms with Crippen LogP contribution >= 0.6 is 0 Å². The van der Waals surface area contributed by atoms with Gasteiger partial charge in [0.25, 0.3) is 0 Å². The molecule has 1 aliphatic rings. The van der Waals surface area contributed by atoms with E-state index in [-0.39, 0.29) is 0 Å². The lowest BCUT2D eigenvalue weighted by Gasteiger charge is -2.32. The number of fused-ring (bicyclic) bond motifs is 1. The van der Waals surface area contributed by atoms with E-state index in [1.165, 1.54) is 5.56 Å². The van der Waals surface area contributed by atoms with E-state index in [1.807, 2.05) is 47.1 Å². The van der Waals surface area contributed by atoms with E-state index in [9.17, 15) is 0 Å². The summed E-state index contributed by atoms with van der Waals surface area (Å²) in [5.74, 6) is 2.65. The highest BCUT2D eigenvalue weighted by Crippen LogP contribution is 2.37. The van der Waals surface area contributed by atoms with Crippen LogP contribution in [0.3, 0.4) is 0 Å². The average molecular weight is 505 g/mol. The summed E-state index contributed by atoms with van der Waals surface area (Å²) < 4.78 is 7.53. The summed E-state index contributed by atoms with van der Waals surface area (Å²) in [5.41, 5.74) is 11.5. The van der Waals surface area contributed by atoms with Crippen molar-refractivity contribution in [2.75, 3.05) is 30.8 Å². The molecular weight excluding hydrogens is 472 g/mol. The van der Waals surface area contributed by atoms with Gasteiger partial charge in [-0.1, -0.05) is 72.8 Å². The van der Waals surface area contributed by atoms with E-state index in [0.29, 0.717) is 29.9 Å². The standard InChI is InChI=1S/C31H32N6O/c1-38-26-15-9-8-14-25(26)28-27-29(32)37(21-24-12-6-3-7-13-24)35-30(27)34-31(33-28)36-18-16-23(17-19-36)20-22-10-4-2-5-11-22/h2-15,23H,16-21,32H2,1H3. The number of hydrogen-bond acceptors (Lipinski definition) is 6. The van der Waals surface area contributed by atoms with Crippen LogP contribution in [0.15, 0.2) is 84.9 Å². The van der Waals surface area contributed by atoms with E-state index in [4.69, 9.17) is 25.5 Å². The molecule has 38 heavy (non-hydrogen) atoms. The first-order valence-electron chi connectivity index (χ1n) is 13.2. The SMILES string of the molecule is COc1ccccc1-c1nc(N2CCC(Cc3ccccc3)CC2)nc2nn(Cc3ccccc3)c(N)c12. The fourth-order valence-corrected chi connectivity index (χ4v) is 5.38. The molecule has 7 heteroatoms. The molecule has 3 aromatic carbocycles. The number of ether oxygens (including phenoxy) is 1. The smallest absolute Gasteiger partial charge is 0.228 e. The maximum atomic E-state index is 6.70. The van der Waals surface area contributed by atoms with Crippen LogP contribution in [0.1, 0.15) is 24.0 Å². The van der Waals surface area contributed by atoms with Crippen LogP contribution in [0, 0.1) is 5.92 Å². The van der Waals surface area contributed by atoms with Crippen LogP contribution in [0.2, 0.25) is 0 Å². The predicted octanol–water partition coefficient (Wildman–Crippen LogP) is 5.59. The highest BCUT2D eigenvalue weighted by Gasteiger charge is 2.25. The first-order valence-corrected chi connectivity index (χ1v) is 13.2. The van der Waals surface area contributed by atoms with Gasteiger partial charge in [-0.05, 0) is 48.4 Å². The Labute approximate surface area is 222 Å². The minimum Gasteiger partial charge on any atom is -0.496 e. The number of rotatable bonds is 7. The Hall–Kier alpha value is -4.39. The molecule has 1 saturated heterocycles. The van der Waals surface area contributed by atoms with Crippen molar-refractivity contribution in [1.29, 1.82) is 0 Å². The lowest BCUT2D eigenvalue weighted by molar-refractivity contribution is 0.401. The second-order valence-corrected chi connectivity index (χ2v) is 9.92. The van der Waals surface area contributed by atoms with Crippen LogP contribution in [-0.4, -0.2) is 39.9 Å². The lowest BCUT2D eigenvalue weighted by atomic mass is 9.90. The molecule has 0 aliphatic carbocycles. The zero-order valence-corrected chi connectivity index (χ0v) is 21.6. The number of piperidine rings is 1. The third-order valence-corrected chi connectivity index (χ3v) is 7.43. The Morgan fingerprint density at radius 2 is 1.50 bits per heavy atom. The second-order valence-electron chi connectivity index (χ2n) is 9.92. The number of anilines is 2. The van der Waals surface area contributed by atoms with E-state index >= 15 is 0 Å². The minimum absolute atomic E-state index is 0.554. The molecule has 3 heterocycles. The van der Waals surface area contributed by atoms with Gasteiger partial charge in [0.1, 0.15) is 11.6 Å². The molecule has 6 rings (SSSR count). The topological polar surface area (TPSA) is 82.1 Å². The van der Waals surface area contributed by atoms with E-state index in [2.05, 4.69) is 47.4 Å². The third-order valence-electron chi connectivity index (χ3n) is 7.43. The minimum atomic E-state index is 0.554. The lowest BCUT2D eigenvalue weighted by Crippen LogP contribution is -2.35. The molecule has 0 radical (unpaired) electrons.